The zero-order chi connectivity index (χ0) is 17.8. The summed E-state index contributed by atoms with van der Waals surface area (Å²) in [4.78, 5) is 14.4. The Morgan fingerprint density at radius 2 is 1.92 bits per heavy atom. The molecule has 2 aromatic carbocycles. The van der Waals surface area contributed by atoms with E-state index in [4.69, 9.17) is 5.73 Å². The molecule has 0 spiro atoms. The number of carbonyl (C=O) groups excluding carboxylic acids is 1. The van der Waals surface area contributed by atoms with E-state index >= 15 is 0 Å². The summed E-state index contributed by atoms with van der Waals surface area (Å²) in [6, 6.07) is 13.8. The number of nitrogens with two attached hydrogens (primary N) is 1. The van der Waals surface area contributed by atoms with Crippen molar-refractivity contribution in [2.24, 2.45) is 5.73 Å². The third kappa shape index (κ3) is 4.71. The molecule has 0 aromatic heterocycles. The van der Waals surface area contributed by atoms with Crippen molar-refractivity contribution < 1.29 is 18.3 Å². The molecule has 2 aromatic rings. The van der Waals surface area contributed by atoms with Crippen LogP contribution in [-0.2, 0) is 11.2 Å². The molecule has 1 heterocycles. The van der Waals surface area contributed by atoms with Crippen LogP contribution in [0.1, 0.15) is 30.0 Å². The molecule has 1 atom stereocenters. The van der Waals surface area contributed by atoms with Crippen molar-refractivity contribution in [3.63, 3.8) is 0 Å². The van der Waals surface area contributed by atoms with Gasteiger partial charge in [-0.3, -0.25) is 4.79 Å². The number of alkyl halides is 2. The van der Waals surface area contributed by atoms with Crippen LogP contribution in [0.15, 0.2) is 48.5 Å². The lowest BCUT2D eigenvalue weighted by Gasteiger charge is -2.30. The van der Waals surface area contributed by atoms with Crippen molar-refractivity contribution in [3.05, 3.63) is 59.7 Å². The van der Waals surface area contributed by atoms with E-state index in [1.54, 1.807) is 17.0 Å². The van der Waals surface area contributed by atoms with Crippen LogP contribution >= 0.6 is 12.4 Å². The Morgan fingerprint density at radius 3 is 2.62 bits per heavy atom. The number of carbonyl (C=O) groups is 1. The number of fused-ring (bicyclic) bond motifs is 1. The van der Waals surface area contributed by atoms with Crippen LogP contribution in [-0.4, -0.2) is 19.1 Å². The van der Waals surface area contributed by atoms with Crippen LogP contribution in [0.5, 0.6) is 5.75 Å². The molecule has 2 N–H and O–H groups in total. The minimum atomic E-state index is -2.86. The second kappa shape index (κ2) is 8.96. The Balaban J connectivity index is 0.00000243. The number of nitrogens with zero attached hydrogens (tertiary/aromatic N) is 1. The number of amides is 1. The molecular formula is C19H21ClF2N2O2. The van der Waals surface area contributed by atoms with Gasteiger partial charge in [0.1, 0.15) is 5.75 Å². The van der Waals surface area contributed by atoms with Crippen molar-refractivity contribution in [3.8, 4) is 5.75 Å². The average Bonchev–Trinajstić information content (AvgIpc) is 2.61. The molecular weight excluding hydrogens is 362 g/mol. The van der Waals surface area contributed by atoms with Gasteiger partial charge in [-0.05, 0) is 42.2 Å². The first kappa shape index (κ1) is 20.1. The summed E-state index contributed by atoms with van der Waals surface area (Å²) in [6.45, 7) is -2.26. The molecule has 0 saturated carbocycles. The fourth-order valence-electron chi connectivity index (χ4n) is 3.13. The molecule has 4 nitrogen and oxygen atoms in total. The first-order chi connectivity index (χ1) is 12.0. The molecule has 0 fully saturated rings. The van der Waals surface area contributed by atoms with Crippen LogP contribution < -0.4 is 15.4 Å². The monoisotopic (exact) mass is 382 g/mol. The first-order valence-corrected chi connectivity index (χ1v) is 8.23. The summed E-state index contributed by atoms with van der Waals surface area (Å²) in [5.74, 6) is 0.0452. The molecule has 0 aliphatic carbocycles. The molecule has 3 rings (SSSR count). The van der Waals surface area contributed by atoms with Gasteiger partial charge in [0.2, 0.25) is 5.91 Å². The largest absolute Gasteiger partial charge is 0.435 e. The minimum absolute atomic E-state index is 0. The van der Waals surface area contributed by atoms with E-state index in [0.29, 0.717) is 6.54 Å². The number of ether oxygens (including phenoxy) is 1. The van der Waals surface area contributed by atoms with Gasteiger partial charge in [-0.2, -0.15) is 8.78 Å². The SMILES string of the molecule is Cl.NC(CC(=O)N1CCCc2cc(OC(F)F)ccc21)c1ccccc1. The summed E-state index contributed by atoms with van der Waals surface area (Å²) >= 11 is 0. The van der Waals surface area contributed by atoms with Gasteiger partial charge < -0.3 is 15.4 Å². The van der Waals surface area contributed by atoms with E-state index in [2.05, 4.69) is 4.74 Å². The van der Waals surface area contributed by atoms with Gasteiger partial charge in [-0.25, -0.2) is 0 Å². The number of hydrogen-bond donors (Lipinski definition) is 1. The number of benzene rings is 2. The minimum Gasteiger partial charge on any atom is -0.435 e. The molecule has 26 heavy (non-hydrogen) atoms. The van der Waals surface area contributed by atoms with E-state index in [0.717, 1.165) is 29.7 Å². The molecule has 1 unspecified atom stereocenters. The summed E-state index contributed by atoms with van der Waals surface area (Å²) in [6.07, 6.45) is 1.69. The van der Waals surface area contributed by atoms with Gasteiger partial charge in [-0.1, -0.05) is 30.3 Å². The van der Waals surface area contributed by atoms with Gasteiger partial charge in [0.25, 0.3) is 0 Å². The lowest BCUT2D eigenvalue weighted by atomic mass is 9.99. The molecule has 1 amide bonds. The molecule has 1 aliphatic rings. The van der Waals surface area contributed by atoms with Gasteiger partial charge in [0.15, 0.2) is 0 Å². The second-order valence-corrected chi connectivity index (χ2v) is 6.04. The topological polar surface area (TPSA) is 55.6 Å². The highest BCUT2D eigenvalue weighted by Crippen LogP contribution is 2.32. The third-order valence-electron chi connectivity index (χ3n) is 4.32. The maximum absolute atomic E-state index is 12.7. The van der Waals surface area contributed by atoms with Crippen molar-refractivity contribution in [2.45, 2.75) is 31.9 Å². The zero-order valence-electron chi connectivity index (χ0n) is 14.1. The molecule has 0 saturated heterocycles. The molecule has 7 heteroatoms. The van der Waals surface area contributed by atoms with Crippen molar-refractivity contribution in [1.82, 2.24) is 0 Å². The van der Waals surface area contributed by atoms with Crippen molar-refractivity contribution in [2.75, 3.05) is 11.4 Å². The molecule has 1 aliphatic heterocycles. The summed E-state index contributed by atoms with van der Waals surface area (Å²) < 4.78 is 29.2. The molecule has 140 valence electrons. The van der Waals surface area contributed by atoms with Gasteiger partial charge in [0.05, 0.1) is 0 Å². The standard InChI is InChI=1S/C19H20F2N2O2.ClH/c20-19(21)25-15-8-9-17-14(11-15)7-4-10-23(17)18(24)12-16(22)13-5-2-1-3-6-13;/h1-3,5-6,8-9,11,16,19H,4,7,10,12,22H2;1H. The third-order valence-corrected chi connectivity index (χ3v) is 4.32. The lowest BCUT2D eigenvalue weighted by molar-refractivity contribution is -0.119. The first-order valence-electron chi connectivity index (χ1n) is 8.23. The van der Waals surface area contributed by atoms with E-state index in [1.807, 2.05) is 30.3 Å². The highest BCUT2D eigenvalue weighted by Gasteiger charge is 2.25. The smallest absolute Gasteiger partial charge is 0.387 e. The van der Waals surface area contributed by atoms with E-state index < -0.39 is 6.61 Å². The Bertz CT molecular complexity index is 744. The second-order valence-electron chi connectivity index (χ2n) is 6.04. The maximum atomic E-state index is 12.7. The van der Waals surface area contributed by atoms with Crippen LogP contribution in [0.4, 0.5) is 14.5 Å². The van der Waals surface area contributed by atoms with E-state index in [1.165, 1.54) is 6.07 Å². The quantitative estimate of drug-likeness (QED) is 0.847. The van der Waals surface area contributed by atoms with Crippen molar-refractivity contribution >= 4 is 24.0 Å². The summed E-state index contributed by atoms with van der Waals surface area (Å²) in [5.41, 5.74) is 8.65. The van der Waals surface area contributed by atoms with E-state index in [9.17, 15) is 13.6 Å². The van der Waals surface area contributed by atoms with Gasteiger partial charge in [0, 0.05) is 24.7 Å². The number of halogens is 3. The van der Waals surface area contributed by atoms with Crippen molar-refractivity contribution in [1.29, 1.82) is 0 Å². The Hall–Kier alpha value is -2.18. The fourth-order valence-corrected chi connectivity index (χ4v) is 3.13. The molecule has 0 radical (unpaired) electrons. The highest BCUT2D eigenvalue weighted by atomic mass is 35.5. The Morgan fingerprint density at radius 1 is 1.19 bits per heavy atom. The Kier molecular flexibility index (Phi) is 6.94. The average molecular weight is 383 g/mol. The van der Waals surface area contributed by atoms with Crippen LogP contribution in [0.25, 0.3) is 0 Å². The number of hydrogen-bond acceptors (Lipinski definition) is 3. The van der Waals surface area contributed by atoms with Crippen LogP contribution in [0, 0.1) is 0 Å². The predicted molar refractivity (Wildman–Crippen MR) is 99.0 cm³/mol. The van der Waals surface area contributed by atoms with Gasteiger partial charge >= 0.3 is 6.61 Å². The van der Waals surface area contributed by atoms with Crippen LogP contribution in [0.3, 0.4) is 0 Å². The lowest BCUT2D eigenvalue weighted by Crippen LogP contribution is -2.37. The van der Waals surface area contributed by atoms with E-state index in [-0.39, 0.29) is 36.5 Å². The predicted octanol–water partition coefficient (Wildman–Crippen LogP) is 4.08. The highest BCUT2D eigenvalue weighted by molar-refractivity contribution is 5.95. The summed E-state index contributed by atoms with van der Waals surface area (Å²) in [7, 11) is 0. The maximum Gasteiger partial charge on any atom is 0.387 e. The van der Waals surface area contributed by atoms with Gasteiger partial charge in [-0.15, -0.1) is 12.4 Å². The zero-order valence-corrected chi connectivity index (χ0v) is 14.9. The number of anilines is 1. The number of rotatable bonds is 5. The summed E-state index contributed by atoms with van der Waals surface area (Å²) in [5, 5.41) is 0. The Labute approximate surface area is 157 Å². The van der Waals surface area contributed by atoms with Crippen LogP contribution in [0.2, 0.25) is 0 Å². The normalized spacial score (nSPS) is 14.4. The number of aryl methyl sites for hydroxylation is 1. The molecule has 0 bridgehead atoms. The fraction of sp³-hybridized carbons (Fsp3) is 0.316.